The molecule has 1 saturated carbocycles. The van der Waals surface area contributed by atoms with Crippen LogP contribution in [0.5, 0.6) is 0 Å². The lowest BCUT2D eigenvalue weighted by atomic mass is 9.72. The lowest BCUT2D eigenvalue weighted by molar-refractivity contribution is -0.0774. The van der Waals surface area contributed by atoms with Crippen LogP contribution < -0.4 is 0 Å². The van der Waals surface area contributed by atoms with Crippen LogP contribution in [0.3, 0.4) is 0 Å². The summed E-state index contributed by atoms with van der Waals surface area (Å²) >= 11 is 0. The minimum Gasteiger partial charge on any atom is -0.384 e. The van der Waals surface area contributed by atoms with Crippen molar-refractivity contribution >= 4 is 0 Å². The van der Waals surface area contributed by atoms with E-state index in [0.717, 1.165) is 19.3 Å². The molecule has 0 bridgehead atoms. The van der Waals surface area contributed by atoms with Gasteiger partial charge in [-0.25, -0.2) is 0 Å². The fourth-order valence-corrected chi connectivity index (χ4v) is 2.19. The van der Waals surface area contributed by atoms with Crippen molar-refractivity contribution in [3.05, 3.63) is 0 Å². The molecule has 1 aliphatic heterocycles. The molecular weight excluding hydrogens is 168 g/mol. The summed E-state index contributed by atoms with van der Waals surface area (Å²) in [7, 11) is 0. The first-order valence-corrected chi connectivity index (χ1v) is 5.06. The fourth-order valence-electron chi connectivity index (χ4n) is 2.19. The van der Waals surface area contributed by atoms with E-state index in [9.17, 15) is 5.11 Å². The number of aliphatic hydroxyl groups is 1. The van der Waals surface area contributed by atoms with Gasteiger partial charge < -0.3 is 5.11 Å². The summed E-state index contributed by atoms with van der Waals surface area (Å²) in [5, 5.41) is 10.0. The molecule has 0 aromatic carbocycles. The Bertz CT molecular complexity index is 206. The zero-order valence-corrected chi connectivity index (χ0v) is 8.54. The molecule has 0 radical (unpaired) electrons. The standard InChI is InChI=1S/C10H18O3/c1-7(2)8-4-5-9(3,11)10(6-8)12-13-10/h7-8,11H,4-6H2,1-3H3. The van der Waals surface area contributed by atoms with Crippen molar-refractivity contribution in [2.24, 2.45) is 11.8 Å². The zero-order chi connectivity index (χ0) is 9.69. The molecule has 3 nitrogen and oxygen atoms in total. The van der Waals surface area contributed by atoms with E-state index >= 15 is 0 Å². The molecule has 76 valence electrons. The van der Waals surface area contributed by atoms with Gasteiger partial charge in [0.25, 0.3) is 5.79 Å². The Balaban J connectivity index is 2.08. The monoisotopic (exact) mass is 186 g/mol. The van der Waals surface area contributed by atoms with Crippen LogP contribution in [0.25, 0.3) is 0 Å². The second kappa shape index (κ2) is 2.69. The van der Waals surface area contributed by atoms with Crippen molar-refractivity contribution < 1.29 is 14.9 Å². The molecule has 2 fully saturated rings. The molecule has 1 N–H and O–H groups in total. The predicted octanol–water partition coefficient (Wildman–Crippen LogP) is 1.85. The third kappa shape index (κ3) is 1.39. The molecule has 2 aliphatic rings. The van der Waals surface area contributed by atoms with E-state index < -0.39 is 11.4 Å². The van der Waals surface area contributed by atoms with Gasteiger partial charge in [-0.3, -0.25) is 0 Å². The highest BCUT2D eigenvalue weighted by molar-refractivity contribution is 5.00. The molecular formula is C10H18O3. The second-order valence-electron chi connectivity index (χ2n) is 4.94. The Morgan fingerprint density at radius 2 is 2.00 bits per heavy atom. The molecule has 2 atom stereocenters. The molecule has 1 spiro atoms. The molecule has 1 heterocycles. The van der Waals surface area contributed by atoms with Gasteiger partial charge in [0.2, 0.25) is 0 Å². The Morgan fingerprint density at radius 3 is 2.46 bits per heavy atom. The van der Waals surface area contributed by atoms with E-state index in [1.54, 1.807) is 6.92 Å². The largest absolute Gasteiger partial charge is 0.384 e. The number of hydrogen-bond acceptors (Lipinski definition) is 3. The van der Waals surface area contributed by atoms with Gasteiger partial charge in [-0.2, -0.15) is 9.78 Å². The van der Waals surface area contributed by atoms with E-state index in [4.69, 9.17) is 9.78 Å². The van der Waals surface area contributed by atoms with Crippen LogP contribution >= 0.6 is 0 Å². The summed E-state index contributed by atoms with van der Waals surface area (Å²) in [6.07, 6.45) is 2.67. The Morgan fingerprint density at radius 1 is 1.38 bits per heavy atom. The third-order valence-electron chi connectivity index (χ3n) is 3.58. The van der Waals surface area contributed by atoms with Crippen molar-refractivity contribution in [3.8, 4) is 0 Å². The van der Waals surface area contributed by atoms with E-state index in [1.807, 2.05) is 0 Å². The van der Waals surface area contributed by atoms with Gasteiger partial charge >= 0.3 is 0 Å². The minimum absolute atomic E-state index is 0.614. The van der Waals surface area contributed by atoms with Crippen LogP contribution in [-0.4, -0.2) is 16.5 Å². The van der Waals surface area contributed by atoms with Crippen molar-refractivity contribution in [1.29, 1.82) is 0 Å². The highest BCUT2D eigenvalue weighted by atomic mass is 17.4. The van der Waals surface area contributed by atoms with Crippen LogP contribution in [0.2, 0.25) is 0 Å². The maximum absolute atomic E-state index is 10.0. The summed E-state index contributed by atoms with van der Waals surface area (Å²) in [6.45, 7) is 6.22. The topological polar surface area (TPSA) is 45.3 Å². The van der Waals surface area contributed by atoms with E-state index in [0.29, 0.717) is 11.8 Å². The van der Waals surface area contributed by atoms with Crippen LogP contribution in [0, 0.1) is 11.8 Å². The van der Waals surface area contributed by atoms with Crippen LogP contribution in [0.1, 0.15) is 40.0 Å². The number of hydrogen-bond donors (Lipinski definition) is 1. The average Bonchev–Trinajstić information content (AvgIpc) is 2.76. The van der Waals surface area contributed by atoms with Crippen LogP contribution in [0.15, 0.2) is 0 Å². The second-order valence-corrected chi connectivity index (χ2v) is 4.94. The summed E-state index contributed by atoms with van der Waals surface area (Å²) < 4.78 is 0. The minimum atomic E-state index is -0.793. The van der Waals surface area contributed by atoms with Gasteiger partial charge in [-0.1, -0.05) is 13.8 Å². The summed E-state index contributed by atoms with van der Waals surface area (Å²) in [6, 6.07) is 0. The smallest absolute Gasteiger partial charge is 0.262 e. The normalized spacial score (nSPS) is 42.7. The van der Waals surface area contributed by atoms with Crippen LogP contribution in [0.4, 0.5) is 0 Å². The maximum atomic E-state index is 10.0. The van der Waals surface area contributed by atoms with Gasteiger partial charge in [-0.15, -0.1) is 0 Å². The first kappa shape index (κ1) is 9.44. The zero-order valence-electron chi connectivity index (χ0n) is 8.54. The predicted molar refractivity (Wildman–Crippen MR) is 47.7 cm³/mol. The SMILES string of the molecule is CC(C)C1CCC(C)(O)C2(C1)OO2. The van der Waals surface area contributed by atoms with Crippen LogP contribution in [-0.2, 0) is 9.78 Å². The average molecular weight is 186 g/mol. The van der Waals surface area contributed by atoms with Gasteiger partial charge in [-0.05, 0) is 31.6 Å². The summed E-state index contributed by atoms with van der Waals surface area (Å²) in [5.74, 6) is 0.587. The van der Waals surface area contributed by atoms with Gasteiger partial charge in [0, 0.05) is 6.42 Å². The molecule has 0 aromatic rings. The summed E-state index contributed by atoms with van der Waals surface area (Å²) in [4.78, 5) is 9.97. The Kier molecular flexibility index (Phi) is 1.95. The van der Waals surface area contributed by atoms with E-state index in [1.165, 1.54) is 0 Å². The van der Waals surface area contributed by atoms with Gasteiger partial charge in [0.1, 0.15) is 5.60 Å². The van der Waals surface area contributed by atoms with Gasteiger partial charge in [0.15, 0.2) is 0 Å². The Labute approximate surface area is 79.0 Å². The van der Waals surface area contributed by atoms with Crippen molar-refractivity contribution in [2.75, 3.05) is 0 Å². The van der Waals surface area contributed by atoms with Crippen molar-refractivity contribution in [1.82, 2.24) is 0 Å². The Hall–Kier alpha value is -0.120. The van der Waals surface area contributed by atoms with Crippen molar-refractivity contribution in [3.63, 3.8) is 0 Å². The van der Waals surface area contributed by atoms with Gasteiger partial charge in [0.05, 0.1) is 0 Å². The molecule has 13 heavy (non-hydrogen) atoms. The fraction of sp³-hybridized carbons (Fsp3) is 1.00. The molecule has 2 unspecified atom stereocenters. The van der Waals surface area contributed by atoms with E-state index in [2.05, 4.69) is 13.8 Å². The lowest BCUT2D eigenvalue weighted by Crippen LogP contribution is -2.48. The molecule has 3 heteroatoms. The number of rotatable bonds is 1. The maximum Gasteiger partial charge on any atom is 0.262 e. The first-order chi connectivity index (χ1) is 5.97. The van der Waals surface area contributed by atoms with Crippen molar-refractivity contribution in [2.45, 2.75) is 51.4 Å². The molecule has 1 saturated heterocycles. The highest BCUT2D eigenvalue weighted by Gasteiger charge is 2.65. The first-order valence-electron chi connectivity index (χ1n) is 5.06. The highest BCUT2D eigenvalue weighted by Crippen LogP contribution is 2.52. The lowest BCUT2D eigenvalue weighted by Gasteiger charge is -2.37. The third-order valence-corrected chi connectivity index (χ3v) is 3.58. The summed E-state index contributed by atoms with van der Waals surface area (Å²) in [5.41, 5.74) is -0.793. The molecule has 1 aliphatic carbocycles. The molecule has 0 aromatic heterocycles. The molecule has 0 amide bonds. The van der Waals surface area contributed by atoms with E-state index in [-0.39, 0.29) is 0 Å². The quantitative estimate of drug-likeness (QED) is 0.502. The molecule has 2 rings (SSSR count).